The molecule has 1 aromatic carbocycles. The van der Waals surface area contributed by atoms with Gasteiger partial charge in [0.1, 0.15) is 11.5 Å². The van der Waals surface area contributed by atoms with Gasteiger partial charge in [-0.05, 0) is 31.5 Å². The lowest BCUT2D eigenvalue weighted by Crippen LogP contribution is -2.40. The van der Waals surface area contributed by atoms with Gasteiger partial charge in [0.2, 0.25) is 0 Å². The molecule has 0 atom stereocenters. The molecular formula is C18H28O5. The number of Topliss-reactive ketones (excluding diaryl/α,β-unsaturated/α-hetero) is 1. The largest absolute Gasteiger partial charge is 0.493 e. The monoisotopic (exact) mass is 324 g/mol. The van der Waals surface area contributed by atoms with E-state index < -0.39 is 11.7 Å². The summed E-state index contributed by atoms with van der Waals surface area (Å²) in [6, 6.07) is 7.60. The van der Waals surface area contributed by atoms with E-state index in [1.807, 2.05) is 38.1 Å². The minimum Gasteiger partial charge on any atom is -0.493 e. The van der Waals surface area contributed by atoms with Crippen molar-refractivity contribution in [3.8, 4) is 5.75 Å². The molecule has 0 aliphatic heterocycles. The maximum atomic E-state index is 12.6. The van der Waals surface area contributed by atoms with Gasteiger partial charge in [0.15, 0.2) is 6.29 Å². The van der Waals surface area contributed by atoms with Crippen molar-refractivity contribution in [1.29, 1.82) is 0 Å². The van der Waals surface area contributed by atoms with Crippen LogP contribution in [-0.4, -0.2) is 46.6 Å². The van der Waals surface area contributed by atoms with E-state index in [0.29, 0.717) is 19.6 Å². The molecule has 0 N–H and O–H groups in total. The van der Waals surface area contributed by atoms with Gasteiger partial charge in [0, 0.05) is 40.8 Å². The Bertz CT molecular complexity index is 480. The summed E-state index contributed by atoms with van der Waals surface area (Å²) in [5, 5.41) is 0. The SMILES string of the molecule is COCCCOc1cccc(CC(=O)C(C)(C)C(OC)OC)c1. The molecule has 0 aliphatic carbocycles. The predicted molar refractivity (Wildman–Crippen MR) is 88.7 cm³/mol. The van der Waals surface area contributed by atoms with E-state index in [2.05, 4.69) is 0 Å². The lowest BCUT2D eigenvalue weighted by atomic mass is 9.84. The Morgan fingerprint density at radius 1 is 1.13 bits per heavy atom. The molecule has 1 aromatic rings. The van der Waals surface area contributed by atoms with Gasteiger partial charge in [-0.15, -0.1) is 0 Å². The van der Waals surface area contributed by atoms with Crippen LogP contribution in [0.25, 0.3) is 0 Å². The number of benzene rings is 1. The van der Waals surface area contributed by atoms with Crippen LogP contribution in [0.5, 0.6) is 5.75 Å². The first kappa shape index (κ1) is 19.6. The van der Waals surface area contributed by atoms with Gasteiger partial charge in [0.05, 0.1) is 12.0 Å². The highest BCUT2D eigenvalue weighted by Gasteiger charge is 2.36. The van der Waals surface area contributed by atoms with E-state index in [1.54, 1.807) is 7.11 Å². The fourth-order valence-electron chi connectivity index (χ4n) is 2.37. The van der Waals surface area contributed by atoms with Gasteiger partial charge in [-0.1, -0.05) is 12.1 Å². The van der Waals surface area contributed by atoms with Crippen molar-refractivity contribution in [2.45, 2.75) is 33.0 Å². The van der Waals surface area contributed by atoms with Gasteiger partial charge in [-0.2, -0.15) is 0 Å². The number of hydrogen-bond acceptors (Lipinski definition) is 5. The van der Waals surface area contributed by atoms with Crippen LogP contribution in [0.2, 0.25) is 0 Å². The average Bonchev–Trinajstić information content (AvgIpc) is 2.53. The van der Waals surface area contributed by atoms with Crippen LogP contribution < -0.4 is 4.74 Å². The first-order valence-corrected chi connectivity index (χ1v) is 7.75. The highest BCUT2D eigenvalue weighted by Crippen LogP contribution is 2.27. The summed E-state index contributed by atoms with van der Waals surface area (Å²) in [4.78, 5) is 12.6. The third kappa shape index (κ3) is 5.94. The van der Waals surface area contributed by atoms with Crippen molar-refractivity contribution < 1.29 is 23.7 Å². The molecule has 0 heterocycles. The Hall–Kier alpha value is -1.43. The van der Waals surface area contributed by atoms with Gasteiger partial charge in [-0.3, -0.25) is 4.79 Å². The second-order valence-electron chi connectivity index (χ2n) is 5.97. The molecule has 1 rings (SSSR count). The summed E-state index contributed by atoms with van der Waals surface area (Å²) < 4.78 is 21.1. The molecule has 0 saturated heterocycles. The van der Waals surface area contributed by atoms with E-state index in [4.69, 9.17) is 18.9 Å². The quantitative estimate of drug-likeness (QED) is 0.463. The second kappa shape index (κ2) is 9.65. The Morgan fingerprint density at radius 2 is 1.83 bits per heavy atom. The minimum atomic E-state index is -0.723. The Balaban J connectivity index is 2.67. The van der Waals surface area contributed by atoms with Crippen LogP contribution >= 0.6 is 0 Å². The number of ether oxygens (including phenoxy) is 4. The van der Waals surface area contributed by atoms with Crippen LogP contribution in [0.3, 0.4) is 0 Å². The third-order valence-electron chi connectivity index (χ3n) is 3.76. The Kier molecular flexibility index (Phi) is 8.23. The second-order valence-corrected chi connectivity index (χ2v) is 5.97. The van der Waals surface area contributed by atoms with Crippen LogP contribution in [-0.2, 0) is 25.4 Å². The maximum Gasteiger partial charge on any atom is 0.168 e. The average molecular weight is 324 g/mol. The van der Waals surface area contributed by atoms with Crippen LogP contribution in [0.1, 0.15) is 25.8 Å². The van der Waals surface area contributed by atoms with Crippen molar-refractivity contribution in [3.63, 3.8) is 0 Å². The number of carbonyl (C=O) groups excluding carboxylic acids is 1. The standard InChI is InChI=1S/C18H28O5/c1-18(2,17(21-4)22-5)16(19)13-14-8-6-9-15(12-14)23-11-7-10-20-3/h6,8-9,12,17H,7,10-11,13H2,1-5H3. The Morgan fingerprint density at radius 3 is 2.43 bits per heavy atom. The van der Waals surface area contributed by atoms with E-state index in [-0.39, 0.29) is 5.78 Å². The minimum absolute atomic E-state index is 0.0581. The molecule has 130 valence electrons. The van der Waals surface area contributed by atoms with Crippen LogP contribution in [0, 0.1) is 5.41 Å². The number of methoxy groups -OCH3 is 3. The molecule has 0 spiro atoms. The Labute approximate surface area is 138 Å². The van der Waals surface area contributed by atoms with Crippen molar-refractivity contribution in [3.05, 3.63) is 29.8 Å². The first-order chi connectivity index (χ1) is 11.0. The number of hydrogen-bond donors (Lipinski definition) is 0. The number of ketones is 1. The molecule has 0 fully saturated rings. The van der Waals surface area contributed by atoms with E-state index in [9.17, 15) is 4.79 Å². The molecular weight excluding hydrogens is 296 g/mol. The summed E-state index contributed by atoms with van der Waals surface area (Å²) in [5.41, 5.74) is 0.192. The summed E-state index contributed by atoms with van der Waals surface area (Å²) in [6.45, 7) is 4.92. The molecule has 0 radical (unpaired) electrons. The highest BCUT2D eigenvalue weighted by atomic mass is 16.7. The zero-order chi connectivity index (χ0) is 17.3. The first-order valence-electron chi connectivity index (χ1n) is 7.75. The molecule has 5 heteroatoms. The van der Waals surface area contributed by atoms with Gasteiger partial charge < -0.3 is 18.9 Å². The summed E-state index contributed by atoms with van der Waals surface area (Å²) in [6.07, 6.45) is 0.574. The smallest absolute Gasteiger partial charge is 0.168 e. The third-order valence-corrected chi connectivity index (χ3v) is 3.76. The lowest BCUT2D eigenvalue weighted by Gasteiger charge is -2.30. The van der Waals surface area contributed by atoms with Crippen molar-refractivity contribution >= 4 is 5.78 Å². The van der Waals surface area contributed by atoms with Crippen molar-refractivity contribution in [1.82, 2.24) is 0 Å². The summed E-state index contributed by atoms with van der Waals surface area (Å²) in [7, 11) is 4.75. The zero-order valence-corrected chi connectivity index (χ0v) is 14.8. The molecule has 0 saturated carbocycles. The van der Waals surface area contributed by atoms with Crippen molar-refractivity contribution in [2.75, 3.05) is 34.5 Å². The molecule has 0 bridgehead atoms. The molecule has 23 heavy (non-hydrogen) atoms. The summed E-state index contributed by atoms with van der Waals surface area (Å²) >= 11 is 0. The highest BCUT2D eigenvalue weighted by molar-refractivity contribution is 5.86. The molecule has 0 amide bonds. The lowest BCUT2D eigenvalue weighted by molar-refractivity contribution is -0.177. The van der Waals surface area contributed by atoms with Gasteiger partial charge >= 0.3 is 0 Å². The van der Waals surface area contributed by atoms with Crippen molar-refractivity contribution in [2.24, 2.45) is 5.41 Å². The summed E-state index contributed by atoms with van der Waals surface area (Å²) in [5.74, 6) is 0.821. The van der Waals surface area contributed by atoms with Crippen LogP contribution in [0.4, 0.5) is 0 Å². The fourth-order valence-corrected chi connectivity index (χ4v) is 2.37. The van der Waals surface area contributed by atoms with Gasteiger partial charge in [-0.25, -0.2) is 0 Å². The predicted octanol–water partition coefficient (Wildman–Crippen LogP) is 2.86. The molecule has 5 nitrogen and oxygen atoms in total. The van der Waals surface area contributed by atoms with E-state index >= 15 is 0 Å². The number of rotatable bonds is 11. The number of carbonyl (C=O) groups is 1. The molecule has 0 aliphatic rings. The topological polar surface area (TPSA) is 54.0 Å². The van der Waals surface area contributed by atoms with E-state index in [1.165, 1.54) is 14.2 Å². The zero-order valence-electron chi connectivity index (χ0n) is 14.8. The maximum absolute atomic E-state index is 12.6. The van der Waals surface area contributed by atoms with Gasteiger partial charge in [0.25, 0.3) is 0 Å². The molecule has 0 unspecified atom stereocenters. The fraction of sp³-hybridized carbons (Fsp3) is 0.611. The van der Waals surface area contributed by atoms with Crippen LogP contribution in [0.15, 0.2) is 24.3 Å². The normalized spacial score (nSPS) is 11.7. The molecule has 0 aromatic heterocycles. The van der Waals surface area contributed by atoms with E-state index in [0.717, 1.165) is 17.7 Å².